The number of quaternary nitrogens is 1. The smallest absolute Gasteiger partial charge is 0.462 e. The zero-order valence-corrected chi connectivity index (χ0v) is 60.0. The number of carbonyl (C=O) groups is 2. The summed E-state index contributed by atoms with van der Waals surface area (Å²) in [5.74, 6) is -0.792. The lowest BCUT2D eigenvalue weighted by molar-refractivity contribution is -0.870. The fraction of sp³-hybridized carbons (Fsp3) is 0.725. The maximum absolute atomic E-state index is 12.9. The van der Waals surface area contributed by atoms with Gasteiger partial charge in [-0.05, 0) is 109 Å². The molecule has 0 aromatic carbocycles. The number of nitrogens with zero attached hydrogens (tertiary/aromatic N) is 1. The first-order valence-electron chi connectivity index (χ1n) is 37.3. The molecule has 0 aliphatic heterocycles. The van der Waals surface area contributed by atoms with Crippen molar-refractivity contribution >= 4 is 19.8 Å². The molecule has 0 heterocycles. The first-order chi connectivity index (χ1) is 44.0. The van der Waals surface area contributed by atoms with Crippen molar-refractivity contribution in [1.82, 2.24) is 0 Å². The predicted octanol–water partition coefficient (Wildman–Crippen LogP) is 24.6. The summed E-state index contributed by atoms with van der Waals surface area (Å²) in [6.07, 6.45) is 100. The minimum Gasteiger partial charge on any atom is -0.462 e. The second-order valence-corrected chi connectivity index (χ2v) is 27.4. The SMILES string of the molecule is CC/C=C\C/C=C\C/C=C\C/C=C\C/C=C\C/C=C\C/C=C\CCCCCCCCCCCCCCCCCCCC(=O)OC(COC(=O)CCCCCCCCCCCCCC/C=C\C/C=C\C/C=C\CCCCCCC)COP(=O)(O)OCC[N+](C)(C)C. The van der Waals surface area contributed by atoms with Crippen LogP contribution in [0.3, 0.4) is 0 Å². The van der Waals surface area contributed by atoms with Crippen LogP contribution in [0.25, 0.3) is 0 Å². The molecule has 0 aromatic heterocycles. The molecule has 0 amide bonds. The van der Waals surface area contributed by atoms with Gasteiger partial charge in [-0.2, -0.15) is 0 Å². The maximum atomic E-state index is 12.9. The lowest BCUT2D eigenvalue weighted by Crippen LogP contribution is -2.37. The van der Waals surface area contributed by atoms with E-state index in [0.29, 0.717) is 17.4 Å². The number of ether oxygens (including phenoxy) is 2. The number of phosphoric ester groups is 1. The van der Waals surface area contributed by atoms with Gasteiger partial charge < -0.3 is 18.9 Å². The normalized spacial score (nSPS) is 13.8. The van der Waals surface area contributed by atoms with E-state index >= 15 is 0 Å². The third-order valence-electron chi connectivity index (χ3n) is 16.0. The van der Waals surface area contributed by atoms with E-state index in [9.17, 15) is 19.0 Å². The average Bonchev–Trinajstić information content (AvgIpc) is 3.58. The van der Waals surface area contributed by atoms with Gasteiger partial charge in [-0.1, -0.05) is 322 Å². The highest BCUT2D eigenvalue weighted by atomic mass is 31.2. The summed E-state index contributed by atoms with van der Waals surface area (Å²) in [5.41, 5.74) is 0. The van der Waals surface area contributed by atoms with Crippen LogP contribution in [0, 0.1) is 0 Å². The van der Waals surface area contributed by atoms with Crippen LogP contribution in [0.4, 0.5) is 0 Å². The van der Waals surface area contributed by atoms with Crippen LogP contribution < -0.4 is 0 Å². The number of rotatable bonds is 68. The molecule has 0 bridgehead atoms. The summed E-state index contributed by atoms with van der Waals surface area (Å²) in [4.78, 5) is 35.9. The standard InChI is InChI=1S/C80H140NO8P/c1-6-8-10-12-14-16-18-20-22-24-26-28-30-32-34-35-36-37-38-39-40-41-42-43-44-45-47-49-51-53-55-57-59-61-63-65-67-69-71-73-80(83)89-78(77-88-90(84,85)87-75-74-81(3,4)5)76-86-79(82)72-70-68-66-64-62-60-58-56-54-52-50-48-46-33-31-29-27-25-23-21-19-17-15-13-11-9-7-2/h8,10,14,16,19-22,25-28,31-34,36-37,39-40,78H,6-7,9,11-13,15,17-18,23-24,29-30,35,38,41-77H2,1-5H3/p+1/b10-8-,16-14-,21-19-,22-20-,27-25-,28-26-,33-31-,34-32-,37-36-,40-39-. The summed E-state index contributed by atoms with van der Waals surface area (Å²) in [7, 11) is 1.48. The van der Waals surface area contributed by atoms with Crippen molar-refractivity contribution in [2.75, 3.05) is 47.5 Å². The van der Waals surface area contributed by atoms with Gasteiger partial charge in [0.25, 0.3) is 0 Å². The lowest BCUT2D eigenvalue weighted by Gasteiger charge is -2.24. The number of esters is 2. The number of hydrogen-bond donors (Lipinski definition) is 1. The molecule has 0 rings (SSSR count). The molecule has 0 fully saturated rings. The zero-order valence-electron chi connectivity index (χ0n) is 59.1. The first-order valence-corrected chi connectivity index (χ1v) is 38.8. The van der Waals surface area contributed by atoms with Gasteiger partial charge in [0.15, 0.2) is 6.10 Å². The van der Waals surface area contributed by atoms with Crippen molar-refractivity contribution < 1.29 is 42.1 Å². The maximum Gasteiger partial charge on any atom is 0.472 e. The second kappa shape index (κ2) is 69.7. The van der Waals surface area contributed by atoms with Crippen LogP contribution >= 0.6 is 7.82 Å². The highest BCUT2D eigenvalue weighted by molar-refractivity contribution is 7.47. The minimum absolute atomic E-state index is 0.0284. The van der Waals surface area contributed by atoms with E-state index in [1.54, 1.807) is 0 Å². The quantitative estimate of drug-likeness (QED) is 0.0211. The molecule has 2 atom stereocenters. The third kappa shape index (κ3) is 73.5. The van der Waals surface area contributed by atoms with Crippen LogP contribution in [0.1, 0.15) is 322 Å². The van der Waals surface area contributed by atoms with Gasteiger partial charge in [0, 0.05) is 12.8 Å². The molecule has 0 spiro atoms. The van der Waals surface area contributed by atoms with Crippen molar-refractivity contribution in [3.63, 3.8) is 0 Å². The molecular formula is C80H141NO8P+. The second-order valence-electron chi connectivity index (χ2n) is 25.9. The molecule has 1 N–H and O–H groups in total. The van der Waals surface area contributed by atoms with Crippen LogP contribution in [-0.2, 0) is 32.7 Å². The number of likely N-dealkylation sites (N-methyl/N-ethyl adjacent to an activating group) is 1. The summed E-state index contributed by atoms with van der Waals surface area (Å²) in [6.45, 7) is 4.33. The van der Waals surface area contributed by atoms with E-state index in [-0.39, 0.29) is 32.0 Å². The molecule has 0 aliphatic rings. The number of phosphoric acid groups is 1. The zero-order chi connectivity index (χ0) is 65.5. The predicted molar refractivity (Wildman–Crippen MR) is 390 cm³/mol. The molecule has 9 nitrogen and oxygen atoms in total. The molecule has 10 heteroatoms. The van der Waals surface area contributed by atoms with Crippen LogP contribution in [0.5, 0.6) is 0 Å². The monoisotopic (exact) mass is 1280 g/mol. The highest BCUT2D eigenvalue weighted by Gasteiger charge is 2.27. The van der Waals surface area contributed by atoms with E-state index in [4.69, 9.17) is 18.5 Å². The highest BCUT2D eigenvalue weighted by Crippen LogP contribution is 2.43. The summed E-state index contributed by atoms with van der Waals surface area (Å²) in [6, 6.07) is 0. The Morgan fingerprint density at radius 3 is 0.944 bits per heavy atom. The summed E-state index contributed by atoms with van der Waals surface area (Å²) < 4.78 is 34.8. The average molecular weight is 1280 g/mol. The Labute approximate surface area is 556 Å². The molecule has 2 unspecified atom stereocenters. The number of unbranched alkanes of at least 4 members (excludes halogenated alkanes) is 34. The van der Waals surface area contributed by atoms with E-state index in [1.165, 1.54) is 193 Å². The van der Waals surface area contributed by atoms with Crippen molar-refractivity contribution in [2.45, 2.75) is 328 Å². The Morgan fingerprint density at radius 2 is 0.633 bits per heavy atom. The molecule has 0 saturated heterocycles. The molecule has 0 radical (unpaired) electrons. The molecule has 518 valence electrons. The fourth-order valence-electron chi connectivity index (χ4n) is 10.3. The van der Waals surface area contributed by atoms with Gasteiger partial charge in [-0.15, -0.1) is 0 Å². The Hall–Kier alpha value is -3.59. The van der Waals surface area contributed by atoms with Crippen molar-refractivity contribution in [3.05, 3.63) is 122 Å². The Kier molecular flexibility index (Phi) is 67.0. The van der Waals surface area contributed by atoms with E-state index in [1.807, 2.05) is 21.1 Å². The van der Waals surface area contributed by atoms with E-state index < -0.39 is 26.5 Å². The summed E-state index contributed by atoms with van der Waals surface area (Å²) >= 11 is 0. The Balaban J connectivity index is 4.01. The first kappa shape index (κ1) is 86.4. The molecule has 90 heavy (non-hydrogen) atoms. The van der Waals surface area contributed by atoms with Crippen LogP contribution in [0.2, 0.25) is 0 Å². The van der Waals surface area contributed by atoms with Crippen LogP contribution in [0.15, 0.2) is 122 Å². The van der Waals surface area contributed by atoms with Gasteiger partial charge in [-0.3, -0.25) is 18.6 Å². The van der Waals surface area contributed by atoms with Crippen molar-refractivity contribution in [3.8, 4) is 0 Å². The Bertz CT molecular complexity index is 1940. The molecule has 0 aliphatic carbocycles. The van der Waals surface area contributed by atoms with E-state index in [2.05, 4.69) is 135 Å². The van der Waals surface area contributed by atoms with Gasteiger partial charge in [0.2, 0.25) is 0 Å². The van der Waals surface area contributed by atoms with Gasteiger partial charge >= 0.3 is 19.8 Å². The van der Waals surface area contributed by atoms with Gasteiger partial charge in [0.05, 0.1) is 27.7 Å². The fourth-order valence-corrected chi connectivity index (χ4v) is 11.0. The lowest BCUT2D eigenvalue weighted by atomic mass is 10.0. The van der Waals surface area contributed by atoms with Crippen LogP contribution in [-0.4, -0.2) is 74.9 Å². The summed E-state index contributed by atoms with van der Waals surface area (Å²) in [5, 5.41) is 0. The molecular weight excluding hydrogens is 1130 g/mol. The van der Waals surface area contributed by atoms with E-state index in [0.717, 1.165) is 96.3 Å². The topological polar surface area (TPSA) is 108 Å². The number of allylic oxidation sites excluding steroid dienone is 20. The molecule has 0 saturated carbocycles. The van der Waals surface area contributed by atoms with Gasteiger partial charge in [-0.25, -0.2) is 4.57 Å². The third-order valence-corrected chi connectivity index (χ3v) is 17.0. The van der Waals surface area contributed by atoms with Crippen molar-refractivity contribution in [1.29, 1.82) is 0 Å². The largest absolute Gasteiger partial charge is 0.472 e. The number of carbonyl (C=O) groups excluding carboxylic acids is 2. The van der Waals surface area contributed by atoms with Gasteiger partial charge in [0.1, 0.15) is 19.8 Å². The van der Waals surface area contributed by atoms with Crippen molar-refractivity contribution in [2.24, 2.45) is 0 Å². The minimum atomic E-state index is -4.40. The Morgan fingerprint density at radius 1 is 0.356 bits per heavy atom. The molecule has 0 aromatic rings. The number of hydrogen-bond acceptors (Lipinski definition) is 7.